The van der Waals surface area contributed by atoms with Crippen molar-refractivity contribution in [3.63, 3.8) is 0 Å². The summed E-state index contributed by atoms with van der Waals surface area (Å²) in [7, 11) is 0. The van der Waals surface area contributed by atoms with Gasteiger partial charge in [-0.1, -0.05) is 30.3 Å². The smallest absolute Gasteiger partial charge is 0.426 e. The molecular formula is C20H21NO2. The maximum Gasteiger partial charge on any atom is 0.426 e. The van der Waals surface area contributed by atoms with E-state index < -0.39 is 11.7 Å². The first-order chi connectivity index (χ1) is 10.8. The van der Waals surface area contributed by atoms with Crippen LogP contribution in [0.5, 0.6) is 0 Å². The van der Waals surface area contributed by atoms with Crippen molar-refractivity contribution < 1.29 is 9.53 Å². The molecule has 23 heavy (non-hydrogen) atoms. The topological polar surface area (TPSA) is 29.5 Å². The Morgan fingerprint density at radius 2 is 1.74 bits per heavy atom. The number of nitrogens with zero attached hydrogens (tertiary/aromatic N) is 1. The number of anilines is 1. The summed E-state index contributed by atoms with van der Waals surface area (Å²) in [6.07, 6.45) is -0.480. The molecule has 0 saturated carbocycles. The Hall–Kier alpha value is -2.73. The predicted octanol–water partition coefficient (Wildman–Crippen LogP) is 4.75. The van der Waals surface area contributed by atoms with Crippen molar-refractivity contribution in [1.29, 1.82) is 0 Å². The van der Waals surface area contributed by atoms with Gasteiger partial charge in [0, 0.05) is 11.6 Å². The van der Waals surface area contributed by atoms with Crippen LogP contribution in [-0.2, 0) is 4.74 Å². The van der Waals surface area contributed by atoms with Crippen molar-refractivity contribution in [2.24, 2.45) is 0 Å². The van der Waals surface area contributed by atoms with Crippen molar-refractivity contribution in [1.82, 2.24) is 0 Å². The normalized spacial score (nSPS) is 10.4. The summed E-state index contributed by atoms with van der Waals surface area (Å²) in [5, 5.41) is 0. The van der Waals surface area contributed by atoms with E-state index >= 15 is 0 Å². The van der Waals surface area contributed by atoms with Crippen LogP contribution in [-0.4, -0.2) is 11.7 Å². The molecule has 0 N–H and O–H groups in total. The SMILES string of the molecule is Cc1cccc(N(C#Cc2ccccc2)C(=O)OC(C)(C)C)c1. The lowest BCUT2D eigenvalue weighted by molar-refractivity contribution is 0.0600. The Morgan fingerprint density at radius 1 is 1.04 bits per heavy atom. The summed E-state index contributed by atoms with van der Waals surface area (Å²) in [5.74, 6) is 3.00. The second-order valence-corrected chi connectivity index (χ2v) is 6.26. The van der Waals surface area contributed by atoms with Gasteiger partial charge in [0.15, 0.2) is 0 Å². The molecule has 1 amide bonds. The van der Waals surface area contributed by atoms with Gasteiger partial charge in [-0.05, 0) is 63.4 Å². The van der Waals surface area contributed by atoms with Gasteiger partial charge in [-0.2, -0.15) is 0 Å². The van der Waals surface area contributed by atoms with Crippen molar-refractivity contribution >= 4 is 11.8 Å². The number of carbonyl (C=O) groups is 1. The average Bonchev–Trinajstić information content (AvgIpc) is 2.47. The molecule has 0 atom stereocenters. The molecule has 2 aromatic rings. The summed E-state index contributed by atoms with van der Waals surface area (Å²) in [6.45, 7) is 7.49. The van der Waals surface area contributed by atoms with E-state index in [2.05, 4.69) is 12.0 Å². The van der Waals surface area contributed by atoms with Gasteiger partial charge in [0.1, 0.15) is 5.60 Å². The Balaban J connectivity index is 2.36. The zero-order valence-corrected chi connectivity index (χ0v) is 14.0. The van der Waals surface area contributed by atoms with Crippen LogP contribution in [0.3, 0.4) is 0 Å². The van der Waals surface area contributed by atoms with Crippen LogP contribution < -0.4 is 4.90 Å². The number of carbonyl (C=O) groups excluding carboxylic acids is 1. The molecule has 2 rings (SSSR count). The summed E-state index contributed by atoms with van der Waals surface area (Å²) in [6, 6.07) is 20.1. The number of aryl methyl sites for hydroxylation is 1. The van der Waals surface area contributed by atoms with E-state index in [1.807, 2.05) is 82.3 Å². The maximum absolute atomic E-state index is 12.5. The van der Waals surface area contributed by atoms with E-state index in [1.165, 1.54) is 4.90 Å². The second kappa shape index (κ2) is 7.02. The molecule has 0 radical (unpaired) electrons. The number of rotatable bonds is 1. The molecule has 2 aromatic carbocycles. The lowest BCUT2D eigenvalue weighted by Gasteiger charge is -2.24. The number of ether oxygens (including phenoxy) is 1. The molecule has 0 aliphatic carbocycles. The van der Waals surface area contributed by atoms with Gasteiger partial charge in [-0.25, -0.2) is 9.69 Å². The zero-order valence-electron chi connectivity index (χ0n) is 14.0. The van der Waals surface area contributed by atoms with Crippen LogP contribution in [0.2, 0.25) is 0 Å². The first-order valence-electron chi connectivity index (χ1n) is 7.52. The molecule has 0 aliphatic heterocycles. The molecule has 3 heteroatoms. The van der Waals surface area contributed by atoms with Crippen molar-refractivity contribution in [3.05, 3.63) is 65.7 Å². The van der Waals surface area contributed by atoms with E-state index in [0.29, 0.717) is 5.69 Å². The lowest BCUT2D eigenvalue weighted by atomic mass is 10.2. The van der Waals surface area contributed by atoms with Gasteiger partial charge in [-0.3, -0.25) is 0 Å². The minimum Gasteiger partial charge on any atom is -0.443 e. The summed E-state index contributed by atoms with van der Waals surface area (Å²) in [5.41, 5.74) is 2.02. The zero-order chi connectivity index (χ0) is 16.9. The van der Waals surface area contributed by atoms with Crippen LogP contribution in [0, 0.1) is 18.9 Å². The average molecular weight is 307 g/mol. The highest BCUT2D eigenvalue weighted by molar-refractivity contribution is 5.91. The molecule has 0 aliphatic rings. The number of hydrogen-bond acceptors (Lipinski definition) is 2. The second-order valence-electron chi connectivity index (χ2n) is 6.26. The van der Waals surface area contributed by atoms with Gasteiger partial charge in [0.25, 0.3) is 0 Å². The number of benzene rings is 2. The van der Waals surface area contributed by atoms with Crippen LogP contribution in [0.25, 0.3) is 0 Å². The first kappa shape index (κ1) is 16.6. The molecule has 0 spiro atoms. The maximum atomic E-state index is 12.5. The number of amides is 1. The Labute approximate surface area is 137 Å². The molecule has 3 nitrogen and oxygen atoms in total. The van der Waals surface area contributed by atoms with Gasteiger partial charge in [-0.15, -0.1) is 0 Å². The highest BCUT2D eigenvalue weighted by atomic mass is 16.6. The third-order valence-corrected chi connectivity index (χ3v) is 2.92. The van der Waals surface area contributed by atoms with E-state index in [-0.39, 0.29) is 0 Å². The summed E-state index contributed by atoms with van der Waals surface area (Å²) < 4.78 is 5.47. The Bertz CT molecular complexity index is 733. The van der Waals surface area contributed by atoms with E-state index in [0.717, 1.165) is 11.1 Å². The molecule has 0 unspecified atom stereocenters. The fourth-order valence-electron chi connectivity index (χ4n) is 1.93. The third-order valence-electron chi connectivity index (χ3n) is 2.92. The quantitative estimate of drug-likeness (QED) is 0.562. The Morgan fingerprint density at radius 3 is 2.35 bits per heavy atom. The van der Waals surface area contributed by atoms with Crippen LogP contribution >= 0.6 is 0 Å². The highest BCUT2D eigenvalue weighted by Crippen LogP contribution is 2.19. The molecule has 0 aromatic heterocycles. The fourth-order valence-corrected chi connectivity index (χ4v) is 1.93. The first-order valence-corrected chi connectivity index (χ1v) is 7.52. The minimum absolute atomic E-state index is 0.480. The van der Waals surface area contributed by atoms with Crippen molar-refractivity contribution in [2.75, 3.05) is 4.90 Å². The van der Waals surface area contributed by atoms with Gasteiger partial charge in [0.2, 0.25) is 0 Å². The molecular weight excluding hydrogens is 286 g/mol. The predicted molar refractivity (Wildman–Crippen MR) is 93.2 cm³/mol. The largest absolute Gasteiger partial charge is 0.443 e. The third kappa shape index (κ3) is 5.19. The highest BCUT2D eigenvalue weighted by Gasteiger charge is 2.22. The molecule has 0 heterocycles. The van der Waals surface area contributed by atoms with Crippen LogP contribution in [0.1, 0.15) is 31.9 Å². The minimum atomic E-state index is -0.576. The van der Waals surface area contributed by atoms with E-state index in [4.69, 9.17) is 4.74 Å². The molecule has 0 saturated heterocycles. The number of hydrogen-bond donors (Lipinski definition) is 0. The van der Waals surface area contributed by atoms with Gasteiger partial charge >= 0.3 is 6.09 Å². The monoisotopic (exact) mass is 307 g/mol. The van der Waals surface area contributed by atoms with Crippen molar-refractivity contribution in [2.45, 2.75) is 33.3 Å². The summed E-state index contributed by atoms with van der Waals surface area (Å²) in [4.78, 5) is 13.8. The summed E-state index contributed by atoms with van der Waals surface area (Å²) >= 11 is 0. The van der Waals surface area contributed by atoms with E-state index in [1.54, 1.807) is 0 Å². The lowest BCUT2D eigenvalue weighted by Crippen LogP contribution is -2.34. The Kier molecular flexibility index (Phi) is 5.08. The van der Waals surface area contributed by atoms with Gasteiger partial charge < -0.3 is 4.74 Å². The van der Waals surface area contributed by atoms with Crippen LogP contribution in [0.15, 0.2) is 54.6 Å². The molecule has 0 fully saturated rings. The van der Waals surface area contributed by atoms with E-state index in [9.17, 15) is 4.79 Å². The standard InChI is InChI=1S/C20H21NO2/c1-16-9-8-12-18(15-16)21(19(22)23-20(2,3)4)14-13-17-10-6-5-7-11-17/h5-12,15H,1-4H3. The van der Waals surface area contributed by atoms with Crippen LogP contribution in [0.4, 0.5) is 10.5 Å². The molecule has 118 valence electrons. The molecule has 0 bridgehead atoms. The van der Waals surface area contributed by atoms with Gasteiger partial charge in [0.05, 0.1) is 5.69 Å². The fraction of sp³-hybridized carbons (Fsp3) is 0.250. The van der Waals surface area contributed by atoms with Crippen molar-refractivity contribution in [3.8, 4) is 12.0 Å².